The Balaban J connectivity index is 2.11. The van der Waals surface area contributed by atoms with Crippen LogP contribution >= 0.6 is 0 Å². The highest BCUT2D eigenvalue weighted by Gasteiger charge is 2.34. The normalized spacial score (nSPS) is 22.6. The molecule has 1 aromatic carbocycles. The number of hydrogen-bond donors (Lipinski definition) is 2. The smallest absolute Gasteiger partial charge is 0.393 e. The molecule has 0 aromatic heterocycles. The van der Waals surface area contributed by atoms with Crippen LogP contribution in [0.15, 0.2) is 18.2 Å². The Labute approximate surface area is 115 Å². The lowest BCUT2D eigenvalue weighted by molar-refractivity contribution is -0.137. The van der Waals surface area contributed by atoms with Crippen LogP contribution in [0.3, 0.4) is 0 Å². The highest BCUT2D eigenvalue weighted by Crippen LogP contribution is 2.34. The van der Waals surface area contributed by atoms with Gasteiger partial charge in [0.25, 0.3) is 0 Å². The molecule has 2 atom stereocenters. The molecule has 0 bridgehead atoms. The topological polar surface area (TPSA) is 56.0 Å². The molecule has 0 heterocycles. The first-order chi connectivity index (χ1) is 9.41. The second-order valence-electron chi connectivity index (χ2n) is 5.01. The van der Waals surface area contributed by atoms with Crippen LogP contribution in [-0.2, 0) is 6.18 Å². The van der Waals surface area contributed by atoms with Crippen LogP contribution in [-0.4, -0.2) is 17.8 Å². The number of aliphatic hydroxyl groups is 1. The summed E-state index contributed by atoms with van der Waals surface area (Å²) in [5.74, 6) is 0.0694. The molecule has 0 spiro atoms. The maximum Gasteiger partial charge on any atom is 0.417 e. The van der Waals surface area contributed by atoms with Crippen molar-refractivity contribution in [2.45, 2.75) is 31.5 Å². The zero-order valence-corrected chi connectivity index (χ0v) is 10.7. The van der Waals surface area contributed by atoms with Gasteiger partial charge in [-0.1, -0.05) is 6.42 Å². The molecular weight excluding hydrogens is 269 g/mol. The van der Waals surface area contributed by atoms with Crippen molar-refractivity contribution in [1.82, 2.24) is 0 Å². The Morgan fingerprint density at radius 3 is 2.65 bits per heavy atom. The first-order valence-corrected chi connectivity index (χ1v) is 6.45. The largest absolute Gasteiger partial charge is 0.417 e. The molecule has 20 heavy (non-hydrogen) atoms. The fourth-order valence-corrected chi connectivity index (χ4v) is 2.49. The highest BCUT2D eigenvalue weighted by molar-refractivity contribution is 5.53. The van der Waals surface area contributed by atoms with E-state index in [1.807, 2.05) is 0 Å². The molecule has 2 rings (SSSR count). The van der Waals surface area contributed by atoms with E-state index in [2.05, 4.69) is 5.32 Å². The van der Waals surface area contributed by atoms with Crippen molar-refractivity contribution in [2.75, 3.05) is 11.9 Å². The molecule has 3 nitrogen and oxygen atoms in total. The van der Waals surface area contributed by atoms with Crippen molar-refractivity contribution in [3.05, 3.63) is 29.3 Å². The Hall–Kier alpha value is -1.74. The Morgan fingerprint density at radius 1 is 1.35 bits per heavy atom. The maximum absolute atomic E-state index is 12.8. The fourth-order valence-electron chi connectivity index (χ4n) is 2.49. The Kier molecular flexibility index (Phi) is 4.19. The van der Waals surface area contributed by atoms with Crippen LogP contribution in [0.2, 0.25) is 0 Å². The van der Waals surface area contributed by atoms with E-state index in [4.69, 9.17) is 5.26 Å². The average molecular weight is 284 g/mol. The van der Waals surface area contributed by atoms with Gasteiger partial charge in [0.2, 0.25) is 0 Å². The van der Waals surface area contributed by atoms with Crippen LogP contribution in [0.1, 0.15) is 30.4 Å². The third kappa shape index (κ3) is 3.23. The van der Waals surface area contributed by atoms with E-state index in [-0.39, 0.29) is 17.6 Å². The SMILES string of the molecule is N#Cc1ccc(NCC2CCCC2O)cc1C(F)(F)F. The van der Waals surface area contributed by atoms with Crippen molar-refractivity contribution in [1.29, 1.82) is 5.26 Å². The number of benzene rings is 1. The van der Waals surface area contributed by atoms with Gasteiger partial charge in [0, 0.05) is 18.2 Å². The van der Waals surface area contributed by atoms with Crippen molar-refractivity contribution in [3.63, 3.8) is 0 Å². The molecule has 1 aliphatic carbocycles. The monoisotopic (exact) mass is 284 g/mol. The molecule has 1 fully saturated rings. The molecule has 6 heteroatoms. The third-order valence-electron chi connectivity index (χ3n) is 3.63. The molecule has 0 radical (unpaired) electrons. The molecule has 1 saturated carbocycles. The number of hydrogen-bond acceptors (Lipinski definition) is 3. The number of anilines is 1. The van der Waals surface area contributed by atoms with Gasteiger partial charge in [-0.3, -0.25) is 0 Å². The number of aliphatic hydroxyl groups excluding tert-OH is 1. The molecule has 2 N–H and O–H groups in total. The zero-order chi connectivity index (χ0) is 14.8. The molecule has 1 aromatic rings. The van der Waals surface area contributed by atoms with Crippen LogP contribution in [0, 0.1) is 17.2 Å². The van der Waals surface area contributed by atoms with Gasteiger partial charge in [0.05, 0.1) is 23.3 Å². The summed E-state index contributed by atoms with van der Waals surface area (Å²) in [4.78, 5) is 0. The summed E-state index contributed by atoms with van der Waals surface area (Å²) in [6.07, 6.45) is -2.38. The summed E-state index contributed by atoms with van der Waals surface area (Å²) in [5.41, 5.74) is -1.00. The zero-order valence-electron chi connectivity index (χ0n) is 10.7. The summed E-state index contributed by atoms with van der Waals surface area (Å²) in [5, 5.41) is 21.3. The molecule has 0 aliphatic heterocycles. The first kappa shape index (κ1) is 14.7. The molecular formula is C14H15F3N2O. The van der Waals surface area contributed by atoms with Gasteiger partial charge in [-0.05, 0) is 31.0 Å². The van der Waals surface area contributed by atoms with E-state index in [1.54, 1.807) is 6.07 Å². The lowest BCUT2D eigenvalue weighted by Gasteiger charge is -2.17. The molecule has 2 unspecified atom stereocenters. The van der Waals surface area contributed by atoms with Gasteiger partial charge < -0.3 is 10.4 Å². The average Bonchev–Trinajstić information content (AvgIpc) is 2.80. The Morgan fingerprint density at radius 2 is 2.10 bits per heavy atom. The first-order valence-electron chi connectivity index (χ1n) is 6.45. The summed E-state index contributed by atoms with van der Waals surface area (Å²) < 4.78 is 38.4. The van der Waals surface area contributed by atoms with Gasteiger partial charge in [0.15, 0.2) is 0 Å². The second-order valence-corrected chi connectivity index (χ2v) is 5.01. The molecule has 108 valence electrons. The maximum atomic E-state index is 12.8. The predicted molar refractivity (Wildman–Crippen MR) is 68.0 cm³/mol. The lowest BCUT2D eigenvalue weighted by Crippen LogP contribution is -2.22. The summed E-state index contributed by atoms with van der Waals surface area (Å²) in [6.45, 7) is 0.435. The number of nitriles is 1. The molecule has 0 amide bonds. The second kappa shape index (κ2) is 5.71. The van der Waals surface area contributed by atoms with Gasteiger partial charge in [-0.2, -0.15) is 18.4 Å². The van der Waals surface area contributed by atoms with Crippen LogP contribution in [0.5, 0.6) is 0 Å². The van der Waals surface area contributed by atoms with E-state index in [9.17, 15) is 18.3 Å². The number of nitrogens with one attached hydrogen (secondary N) is 1. The van der Waals surface area contributed by atoms with Crippen molar-refractivity contribution >= 4 is 5.69 Å². The van der Waals surface area contributed by atoms with Crippen LogP contribution in [0.25, 0.3) is 0 Å². The van der Waals surface area contributed by atoms with E-state index in [0.29, 0.717) is 12.2 Å². The fraction of sp³-hybridized carbons (Fsp3) is 0.500. The van der Waals surface area contributed by atoms with E-state index in [0.717, 1.165) is 31.4 Å². The highest BCUT2D eigenvalue weighted by atomic mass is 19.4. The lowest BCUT2D eigenvalue weighted by atomic mass is 10.0. The third-order valence-corrected chi connectivity index (χ3v) is 3.63. The van der Waals surface area contributed by atoms with Crippen molar-refractivity contribution in [3.8, 4) is 6.07 Å². The minimum Gasteiger partial charge on any atom is -0.393 e. The standard InChI is InChI=1S/C14H15F3N2O/c15-14(16,17)12-6-11(5-4-9(12)7-18)19-8-10-2-1-3-13(10)20/h4-6,10,13,19-20H,1-3,8H2. The van der Waals surface area contributed by atoms with Gasteiger partial charge in [-0.25, -0.2) is 0 Å². The summed E-state index contributed by atoms with van der Waals surface area (Å²) in [6, 6.07) is 5.11. The molecule has 0 saturated heterocycles. The van der Waals surface area contributed by atoms with Gasteiger partial charge in [-0.15, -0.1) is 0 Å². The van der Waals surface area contributed by atoms with E-state index < -0.39 is 11.7 Å². The molecule has 1 aliphatic rings. The van der Waals surface area contributed by atoms with E-state index >= 15 is 0 Å². The number of alkyl halides is 3. The van der Waals surface area contributed by atoms with Crippen LogP contribution < -0.4 is 5.32 Å². The Bertz CT molecular complexity index is 522. The number of halogens is 3. The summed E-state index contributed by atoms with van der Waals surface area (Å²) >= 11 is 0. The predicted octanol–water partition coefficient (Wildman–Crippen LogP) is 3.15. The van der Waals surface area contributed by atoms with E-state index in [1.165, 1.54) is 6.07 Å². The van der Waals surface area contributed by atoms with Crippen molar-refractivity contribution in [2.24, 2.45) is 5.92 Å². The van der Waals surface area contributed by atoms with Gasteiger partial charge >= 0.3 is 6.18 Å². The quantitative estimate of drug-likeness (QED) is 0.896. The summed E-state index contributed by atoms with van der Waals surface area (Å²) in [7, 11) is 0. The van der Waals surface area contributed by atoms with Gasteiger partial charge in [0.1, 0.15) is 0 Å². The van der Waals surface area contributed by atoms with Crippen molar-refractivity contribution < 1.29 is 18.3 Å². The minimum atomic E-state index is -4.55. The number of rotatable bonds is 3. The minimum absolute atomic E-state index is 0.0694. The van der Waals surface area contributed by atoms with Crippen LogP contribution in [0.4, 0.5) is 18.9 Å². The number of nitrogens with zero attached hydrogens (tertiary/aromatic N) is 1.